The zero-order chi connectivity index (χ0) is 26.0. The van der Waals surface area contributed by atoms with Gasteiger partial charge in [-0.3, -0.25) is 4.79 Å². The molecule has 36 heavy (non-hydrogen) atoms. The number of hydrogen-bond donors (Lipinski definition) is 2. The van der Waals surface area contributed by atoms with Gasteiger partial charge in [0.15, 0.2) is 17.3 Å². The van der Waals surface area contributed by atoms with E-state index < -0.39 is 11.9 Å². The molecule has 1 aliphatic heterocycles. The number of Topliss-reactive ketones (excluding diaryl/α,β-unsaturated/α-hetero) is 1. The number of nitrogens with one attached hydrogen (secondary N) is 1. The highest BCUT2D eigenvalue weighted by Gasteiger charge is 2.42. The lowest BCUT2D eigenvalue weighted by Crippen LogP contribution is -2.36. The number of halogens is 1. The minimum Gasteiger partial charge on any atom is -0.504 e. The molecule has 6 nitrogen and oxygen atoms in total. The normalized spacial score (nSPS) is 20.5. The van der Waals surface area contributed by atoms with Gasteiger partial charge in [0.05, 0.1) is 18.3 Å². The summed E-state index contributed by atoms with van der Waals surface area (Å²) in [5, 5.41) is 14.3. The summed E-state index contributed by atoms with van der Waals surface area (Å²) in [7, 11) is 0. The largest absolute Gasteiger partial charge is 0.504 e. The van der Waals surface area contributed by atoms with Crippen LogP contribution >= 0.6 is 11.6 Å². The number of carbonyl (C=O) groups excluding carboxylic acids is 2. The summed E-state index contributed by atoms with van der Waals surface area (Å²) in [5.74, 6) is -0.792. The van der Waals surface area contributed by atoms with E-state index >= 15 is 0 Å². The standard InChI is InChI=1S/C29H32ClNO5/c1-5-16(3)36-29(34)26-17(4)31-22-13-20(18-7-10-21(30)11-8-18)14-24(33)28(22)27(26)19-9-12-23(32)25(15-19)35-6-2/h7-12,15-16,20,27,31-32H,5-6,13-14H2,1-4H3/t16-,20-,27+/m0/s1. The summed E-state index contributed by atoms with van der Waals surface area (Å²) in [6, 6.07) is 12.6. The van der Waals surface area contributed by atoms with Crippen LogP contribution in [0.1, 0.15) is 69.9 Å². The van der Waals surface area contributed by atoms with Crippen LogP contribution < -0.4 is 10.1 Å². The average Bonchev–Trinajstić information content (AvgIpc) is 2.84. The number of esters is 1. The maximum absolute atomic E-state index is 13.7. The van der Waals surface area contributed by atoms with Gasteiger partial charge in [-0.25, -0.2) is 4.79 Å². The SMILES string of the molecule is CCOc1cc([C@@H]2C(C(=O)O[C@@H](C)CC)=C(C)NC3=C2C(=O)C[C@@H](c2ccc(Cl)cc2)C3)ccc1O. The van der Waals surface area contributed by atoms with Gasteiger partial charge in [-0.05, 0) is 74.9 Å². The molecule has 0 saturated heterocycles. The van der Waals surface area contributed by atoms with Crippen LogP contribution in [-0.4, -0.2) is 29.6 Å². The second-order valence-electron chi connectivity index (χ2n) is 9.35. The van der Waals surface area contributed by atoms with Crippen LogP contribution in [-0.2, 0) is 14.3 Å². The highest BCUT2D eigenvalue weighted by atomic mass is 35.5. The lowest BCUT2D eigenvalue weighted by molar-refractivity contribution is -0.144. The van der Waals surface area contributed by atoms with Gasteiger partial charge in [-0.15, -0.1) is 0 Å². The van der Waals surface area contributed by atoms with Crippen LogP contribution in [0.4, 0.5) is 0 Å². The molecular formula is C29H32ClNO5. The van der Waals surface area contributed by atoms with Gasteiger partial charge < -0.3 is 19.9 Å². The molecule has 0 radical (unpaired) electrons. The molecule has 2 aromatic carbocycles. The van der Waals surface area contributed by atoms with E-state index in [0.717, 1.165) is 11.3 Å². The minimum atomic E-state index is -0.628. The number of dihydropyridines is 1. The molecule has 2 aromatic rings. The van der Waals surface area contributed by atoms with Crippen molar-refractivity contribution in [3.63, 3.8) is 0 Å². The summed E-state index contributed by atoms with van der Waals surface area (Å²) in [4.78, 5) is 27.1. The first-order chi connectivity index (χ1) is 17.2. The van der Waals surface area contributed by atoms with E-state index in [0.29, 0.717) is 59.0 Å². The summed E-state index contributed by atoms with van der Waals surface area (Å²) in [6.07, 6.45) is 1.37. The maximum atomic E-state index is 13.7. The number of ketones is 1. The Morgan fingerprint density at radius 1 is 1.14 bits per heavy atom. The Balaban J connectivity index is 1.81. The molecule has 0 unspecified atom stereocenters. The van der Waals surface area contributed by atoms with Crippen molar-refractivity contribution in [2.75, 3.05) is 6.61 Å². The van der Waals surface area contributed by atoms with Crippen molar-refractivity contribution in [2.24, 2.45) is 0 Å². The number of phenolic OH excluding ortho intramolecular Hbond substituents is 1. The second-order valence-corrected chi connectivity index (χ2v) is 9.79. The molecule has 2 N–H and O–H groups in total. The third kappa shape index (κ3) is 5.14. The number of rotatable bonds is 7. The molecule has 3 atom stereocenters. The number of hydrogen-bond acceptors (Lipinski definition) is 6. The maximum Gasteiger partial charge on any atom is 0.337 e. The van der Waals surface area contributed by atoms with E-state index in [2.05, 4.69) is 5.32 Å². The molecule has 190 valence electrons. The molecule has 0 amide bonds. The van der Waals surface area contributed by atoms with Gasteiger partial charge in [0.1, 0.15) is 0 Å². The lowest BCUT2D eigenvalue weighted by atomic mass is 9.71. The average molecular weight is 510 g/mol. The molecular weight excluding hydrogens is 478 g/mol. The Morgan fingerprint density at radius 3 is 2.50 bits per heavy atom. The predicted molar refractivity (Wildman–Crippen MR) is 139 cm³/mol. The number of phenols is 1. The third-order valence-corrected chi connectivity index (χ3v) is 7.14. The number of carbonyl (C=O) groups is 2. The van der Waals surface area contributed by atoms with Crippen LogP contribution in [0.2, 0.25) is 5.02 Å². The molecule has 0 bridgehead atoms. The molecule has 0 fully saturated rings. The predicted octanol–water partition coefficient (Wildman–Crippen LogP) is 6.15. The first-order valence-corrected chi connectivity index (χ1v) is 12.8. The number of benzene rings is 2. The van der Waals surface area contributed by atoms with E-state index in [9.17, 15) is 14.7 Å². The molecule has 7 heteroatoms. The Hall–Kier alpha value is -3.25. The first-order valence-electron chi connectivity index (χ1n) is 12.4. The topological polar surface area (TPSA) is 84.9 Å². The van der Waals surface area contributed by atoms with Crippen molar-refractivity contribution >= 4 is 23.4 Å². The highest BCUT2D eigenvalue weighted by molar-refractivity contribution is 6.30. The van der Waals surface area contributed by atoms with Crippen LogP contribution in [0.3, 0.4) is 0 Å². The van der Waals surface area contributed by atoms with E-state index in [1.807, 2.05) is 52.0 Å². The van der Waals surface area contributed by atoms with Crippen molar-refractivity contribution < 1.29 is 24.2 Å². The van der Waals surface area contributed by atoms with E-state index in [4.69, 9.17) is 21.1 Å². The van der Waals surface area contributed by atoms with Crippen molar-refractivity contribution in [3.8, 4) is 11.5 Å². The van der Waals surface area contributed by atoms with Gasteiger partial charge >= 0.3 is 5.97 Å². The van der Waals surface area contributed by atoms with Crippen LogP contribution in [0, 0.1) is 0 Å². The fourth-order valence-corrected chi connectivity index (χ4v) is 5.05. The fourth-order valence-electron chi connectivity index (χ4n) is 4.92. The van der Waals surface area contributed by atoms with Crippen LogP contribution in [0.15, 0.2) is 65.0 Å². The Labute approximate surface area is 216 Å². The van der Waals surface area contributed by atoms with Crippen LogP contribution in [0.25, 0.3) is 0 Å². The number of aromatic hydroxyl groups is 1. The summed E-state index contributed by atoms with van der Waals surface area (Å²) in [5.41, 5.74) is 4.17. The highest BCUT2D eigenvalue weighted by Crippen LogP contribution is 2.47. The first kappa shape index (κ1) is 25.8. The van der Waals surface area contributed by atoms with Crippen LogP contribution in [0.5, 0.6) is 11.5 Å². The molecule has 1 heterocycles. The summed E-state index contributed by atoms with van der Waals surface area (Å²) >= 11 is 6.07. The smallest absolute Gasteiger partial charge is 0.337 e. The zero-order valence-electron chi connectivity index (χ0n) is 21.1. The molecule has 0 saturated carbocycles. The quantitative estimate of drug-likeness (QED) is 0.435. The molecule has 0 spiro atoms. The van der Waals surface area contributed by atoms with Crippen molar-refractivity contribution in [3.05, 3.63) is 81.2 Å². The molecule has 2 aliphatic rings. The summed E-state index contributed by atoms with van der Waals surface area (Å²) < 4.78 is 11.3. The Morgan fingerprint density at radius 2 is 1.83 bits per heavy atom. The molecule has 1 aliphatic carbocycles. The Bertz CT molecular complexity index is 1230. The lowest BCUT2D eigenvalue weighted by Gasteiger charge is -2.37. The van der Waals surface area contributed by atoms with E-state index in [1.165, 1.54) is 0 Å². The van der Waals surface area contributed by atoms with Crippen molar-refractivity contribution in [1.82, 2.24) is 5.32 Å². The monoisotopic (exact) mass is 509 g/mol. The molecule has 4 rings (SSSR count). The van der Waals surface area contributed by atoms with Gasteiger partial charge in [-0.1, -0.05) is 36.7 Å². The van der Waals surface area contributed by atoms with E-state index in [-0.39, 0.29) is 23.6 Å². The van der Waals surface area contributed by atoms with Gasteiger partial charge in [0, 0.05) is 34.3 Å². The van der Waals surface area contributed by atoms with Crippen molar-refractivity contribution in [2.45, 2.75) is 64.9 Å². The number of ether oxygens (including phenoxy) is 2. The van der Waals surface area contributed by atoms with Crippen molar-refractivity contribution in [1.29, 1.82) is 0 Å². The number of allylic oxidation sites excluding steroid dienone is 3. The fraction of sp³-hybridized carbons (Fsp3) is 0.379. The minimum absolute atomic E-state index is 0.00175. The summed E-state index contributed by atoms with van der Waals surface area (Å²) in [6.45, 7) is 7.84. The third-order valence-electron chi connectivity index (χ3n) is 6.89. The Kier molecular flexibility index (Phi) is 7.74. The van der Waals surface area contributed by atoms with E-state index in [1.54, 1.807) is 18.2 Å². The zero-order valence-corrected chi connectivity index (χ0v) is 21.8. The van der Waals surface area contributed by atoms with Gasteiger partial charge in [0.2, 0.25) is 0 Å². The van der Waals surface area contributed by atoms with Gasteiger partial charge in [-0.2, -0.15) is 0 Å². The van der Waals surface area contributed by atoms with Gasteiger partial charge in [0.25, 0.3) is 0 Å². The second kappa shape index (κ2) is 10.8. The molecule has 0 aromatic heterocycles.